The molecule has 0 spiro atoms. The van der Waals surface area contributed by atoms with Crippen LogP contribution in [-0.4, -0.2) is 43.4 Å². The van der Waals surface area contributed by atoms with E-state index in [2.05, 4.69) is 23.0 Å². The topological polar surface area (TPSA) is 72.5 Å². The van der Waals surface area contributed by atoms with Gasteiger partial charge in [0.05, 0.1) is 31.1 Å². The fraction of sp³-hybridized carbons (Fsp3) is 0.391. The molecule has 0 amide bonds. The summed E-state index contributed by atoms with van der Waals surface area (Å²) in [6, 6.07) is 12.6. The molecule has 4 rings (SSSR count). The summed E-state index contributed by atoms with van der Waals surface area (Å²) in [7, 11) is 3.22. The van der Waals surface area contributed by atoms with Gasteiger partial charge in [-0.2, -0.15) is 10.4 Å². The minimum atomic E-state index is 0.0851. The Kier molecular flexibility index (Phi) is 5.77. The van der Waals surface area contributed by atoms with Gasteiger partial charge in [0.1, 0.15) is 23.1 Å². The van der Waals surface area contributed by atoms with Crippen LogP contribution in [0.2, 0.25) is 0 Å². The largest absolute Gasteiger partial charge is 0.497 e. The van der Waals surface area contributed by atoms with Crippen LogP contribution in [0.25, 0.3) is 10.9 Å². The molecule has 2 heterocycles. The molecule has 0 N–H and O–H groups in total. The lowest BCUT2D eigenvalue weighted by atomic mass is 10.1. The highest BCUT2D eigenvalue weighted by atomic mass is 16.7. The van der Waals surface area contributed by atoms with E-state index in [0.29, 0.717) is 23.9 Å². The van der Waals surface area contributed by atoms with E-state index in [1.54, 1.807) is 14.2 Å². The molecule has 1 saturated heterocycles. The number of anilines is 1. The molecule has 0 bridgehead atoms. The van der Waals surface area contributed by atoms with Crippen LogP contribution in [0.5, 0.6) is 11.5 Å². The highest BCUT2D eigenvalue weighted by Gasteiger charge is 2.26. The van der Waals surface area contributed by atoms with Crippen LogP contribution in [0.15, 0.2) is 36.5 Å². The minimum absolute atomic E-state index is 0.0851. The second-order valence-corrected chi connectivity index (χ2v) is 7.53. The van der Waals surface area contributed by atoms with Crippen molar-refractivity contribution in [2.24, 2.45) is 0 Å². The van der Waals surface area contributed by atoms with Crippen molar-refractivity contribution in [3.8, 4) is 17.6 Å². The molecule has 1 aliphatic rings. The normalized spacial score (nSPS) is 16.1. The number of ether oxygens (including phenoxy) is 3. The van der Waals surface area contributed by atoms with Crippen LogP contribution < -0.4 is 14.4 Å². The van der Waals surface area contributed by atoms with E-state index >= 15 is 0 Å². The zero-order chi connectivity index (χ0) is 21.1. The zero-order valence-corrected chi connectivity index (χ0v) is 17.6. The number of nitrogens with zero attached hydrogens (tertiary/aromatic N) is 4. The number of hydrogen-bond acceptors (Lipinski definition) is 6. The number of rotatable bonds is 7. The van der Waals surface area contributed by atoms with Gasteiger partial charge in [0.2, 0.25) is 0 Å². The fourth-order valence-electron chi connectivity index (χ4n) is 4.12. The van der Waals surface area contributed by atoms with E-state index in [1.165, 1.54) is 0 Å². The standard InChI is InChI=1S/C23H26N4O3/c1-16-5-4-10-26(16)21-11-22(30-15-28-2)19(12-24)23-20(21)13-25-27(23)14-17-6-8-18(29-3)9-7-17/h6-9,11,13,16H,4-5,10,14-15H2,1-3H3/t16-/m1/s1. The van der Waals surface area contributed by atoms with Crippen LogP contribution >= 0.6 is 0 Å². The first-order valence-electron chi connectivity index (χ1n) is 10.1. The molecule has 156 valence electrons. The lowest BCUT2D eigenvalue weighted by Gasteiger charge is -2.25. The molecule has 0 aliphatic carbocycles. The quantitative estimate of drug-likeness (QED) is 0.554. The molecule has 1 atom stereocenters. The SMILES string of the molecule is COCOc1cc(N2CCC[C@H]2C)c2cnn(Cc3ccc(OC)cc3)c2c1C#N. The first-order chi connectivity index (χ1) is 14.7. The summed E-state index contributed by atoms with van der Waals surface area (Å²) in [6.45, 7) is 3.84. The molecule has 0 saturated carbocycles. The molecule has 1 aromatic heterocycles. The highest BCUT2D eigenvalue weighted by Crippen LogP contribution is 2.39. The lowest BCUT2D eigenvalue weighted by molar-refractivity contribution is 0.0510. The first-order valence-corrected chi connectivity index (χ1v) is 10.1. The molecule has 1 fully saturated rings. The number of aromatic nitrogens is 2. The molecule has 2 aromatic carbocycles. The molecule has 1 aliphatic heterocycles. The number of hydrogen-bond donors (Lipinski definition) is 0. The van der Waals surface area contributed by atoms with Gasteiger partial charge in [-0.3, -0.25) is 4.68 Å². The van der Waals surface area contributed by atoms with Crippen molar-refractivity contribution < 1.29 is 14.2 Å². The van der Waals surface area contributed by atoms with Crippen molar-refractivity contribution in [3.63, 3.8) is 0 Å². The maximum atomic E-state index is 9.96. The third-order valence-electron chi connectivity index (χ3n) is 5.66. The Hall–Kier alpha value is -3.24. The molecule has 0 radical (unpaired) electrons. The summed E-state index contributed by atoms with van der Waals surface area (Å²) in [5.41, 5.74) is 3.39. The minimum Gasteiger partial charge on any atom is -0.497 e. The van der Waals surface area contributed by atoms with Crippen molar-refractivity contribution in [2.45, 2.75) is 32.4 Å². The van der Waals surface area contributed by atoms with E-state index in [-0.39, 0.29) is 6.79 Å². The van der Waals surface area contributed by atoms with Gasteiger partial charge in [0, 0.05) is 31.1 Å². The van der Waals surface area contributed by atoms with Gasteiger partial charge in [0.15, 0.2) is 6.79 Å². The smallest absolute Gasteiger partial charge is 0.188 e. The summed E-state index contributed by atoms with van der Waals surface area (Å²) in [5, 5.41) is 15.6. The third kappa shape index (κ3) is 3.66. The van der Waals surface area contributed by atoms with Gasteiger partial charge >= 0.3 is 0 Å². The second kappa shape index (κ2) is 8.64. The Morgan fingerprint density at radius 2 is 2.03 bits per heavy atom. The van der Waals surface area contributed by atoms with E-state index in [0.717, 1.165) is 47.3 Å². The Balaban J connectivity index is 1.84. The van der Waals surface area contributed by atoms with Crippen molar-refractivity contribution >= 4 is 16.6 Å². The van der Waals surface area contributed by atoms with Gasteiger partial charge in [0.25, 0.3) is 0 Å². The third-order valence-corrected chi connectivity index (χ3v) is 5.66. The summed E-state index contributed by atoms with van der Waals surface area (Å²) in [4.78, 5) is 2.38. The average molecular weight is 406 g/mol. The van der Waals surface area contributed by atoms with Crippen LogP contribution in [0, 0.1) is 11.3 Å². The van der Waals surface area contributed by atoms with Crippen molar-refractivity contribution in [1.82, 2.24) is 9.78 Å². The van der Waals surface area contributed by atoms with E-state index in [1.807, 2.05) is 41.2 Å². The molecule has 7 heteroatoms. The van der Waals surface area contributed by atoms with Crippen LogP contribution in [0.4, 0.5) is 5.69 Å². The molecule has 3 aromatic rings. The number of fused-ring (bicyclic) bond motifs is 1. The highest BCUT2D eigenvalue weighted by molar-refractivity contribution is 5.98. The van der Waals surface area contributed by atoms with Crippen molar-refractivity contribution in [3.05, 3.63) is 47.7 Å². The van der Waals surface area contributed by atoms with E-state index in [4.69, 9.17) is 14.2 Å². The second-order valence-electron chi connectivity index (χ2n) is 7.53. The number of nitriles is 1. The van der Waals surface area contributed by atoms with Crippen LogP contribution in [0.1, 0.15) is 30.9 Å². The Morgan fingerprint density at radius 1 is 1.23 bits per heavy atom. The summed E-state index contributed by atoms with van der Waals surface area (Å²) in [5.74, 6) is 1.33. The maximum Gasteiger partial charge on any atom is 0.188 e. The Labute approximate surface area is 176 Å². The number of benzene rings is 2. The monoisotopic (exact) mass is 406 g/mol. The molecule has 7 nitrogen and oxygen atoms in total. The Morgan fingerprint density at radius 3 is 2.67 bits per heavy atom. The Bertz CT molecular complexity index is 1070. The summed E-state index contributed by atoms with van der Waals surface area (Å²) in [6.07, 6.45) is 4.16. The fourth-order valence-corrected chi connectivity index (χ4v) is 4.12. The molecule has 30 heavy (non-hydrogen) atoms. The van der Waals surface area contributed by atoms with Gasteiger partial charge < -0.3 is 19.1 Å². The van der Waals surface area contributed by atoms with Gasteiger partial charge in [-0.05, 0) is 37.5 Å². The van der Waals surface area contributed by atoms with Crippen LogP contribution in [-0.2, 0) is 11.3 Å². The van der Waals surface area contributed by atoms with Crippen molar-refractivity contribution in [2.75, 3.05) is 32.5 Å². The van der Waals surface area contributed by atoms with E-state index < -0.39 is 0 Å². The molecular formula is C23H26N4O3. The summed E-state index contributed by atoms with van der Waals surface area (Å²) >= 11 is 0. The van der Waals surface area contributed by atoms with Crippen molar-refractivity contribution in [1.29, 1.82) is 5.26 Å². The van der Waals surface area contributed by atoms with Crippen LogP contribution in [0.3, 0.4) is 0 Å². The van der Waals surface area contributed by atoms with E-state index in [9.17, 15) is 5.26 Å². The summed E-state index contributed by atoms with van der Waals surface area (Å²) < 4.78 is 18.0. The average Bonchev–Trinajstić information content (AvgIpc) is 3.38. The predicted molar refractivity (Wildman–Crippen MR) is 115 cm³/mol. The zero-order valence-electron chi connectivity index (χ0n) is 17.6. The van der Waals surface area contributed by atoms with Gasteiger partial charge in [-0.1, -0.05) is 12.1 Å². The number of methoxy groups -OCH3 is 2. The molecular weight excluding hydrogens is 380 g/mol. The predicted octanol–water partition coefficient (Wildman–Crippen LogP) is 3.94. The first kappa shape index (κ1) is 20.0. The lowest BCUT2D eigenvalue weighted by Crippen LogP contribution is -2.26. The molecule has 0 unspecified atom stereocenters. The maximum absolute atomic E-state index is 9.96. The van der Waals surface area contributed by atoms with Gasteiger partial charge in [-0.25, -0.2) is 0 Å². The van der Waals surface area contributed by atoms with Gasteiger partial charge in [-0.15, -0.1) is 0 Å².